The topological polar surface area (TPSA) is 168 Å². The normalized spacial score (nSPS) is 11.4. The number of hydrogen-bond donors (Lipinski definition) is 0. The van der Waals surface area contributed by atoms with Crippen LogP contribution in [0, 0.1) is 0 Å². The van der Waals surface area contributed by atoms with Crippen LogP contribution in [0.4, 0.5) is 0 Å². The van der Waals surface area contributed by atoms with Gasteiger partial charge in [-0.2, -0.15) is 0 Å². The lowest BCUT2D eigenvalue weighted by atomic mass is 9.96. The van der Waals surface area contributed by atoms with Crippen LogP contribution >= 0.6 is 0 Å². The minimum absolute atomic E-state index is 0.563. The van der Waals surface area contributed by atoms with Gasteiger partial charge in [-0.3, -0.25) is 15.0 Å². The van der Waals surface area contributed by atoms with Crippen LogP contribution in [0.3, 0.4) is 0 Å². The molecule has 13 heteroatoms. The van der Waals surface area contributed by atoms with Gasteiger partial charge >= 0.3 is 0 Å². The molecule has 0 aliphatic heterocycles. The Balaban J connectivity index is 0.000000111. The van der Waals surface area contributed by atoms with E-state index in [1.165, 1.54) is 75.9 Å². The molecule has 28 rings (SSSR count). The van der Waals surface area contributed by atoms with Gasteiger partial charge in [-0.15, -0.1) is 0 Å². The molecule has 0 aliphatic rings. The molecule has 0 amide bonds. The zero-order chi connectivity index (χ0) is 96.7. The summed E-state index contributed by atoms with van der Waals surface area (Å²) in [5.41, 5.74) is 24.3. The molecule has 0 saturated heterocycles. The molecule has 0 fully saturated rings. The third-order valence-electron chi connectivity index (χ3n) is 27.4. The molecule has 13 nitrogen and oxygen atoms in total. The molecule has 680 valence electrons. The first-order chi connectivity index (χ1) is 72.3. The Labute approximate surface area is 840 Å². The minimum Gasteiger partial charge on any atom is -0.254 e. The number of nitrogens with zero attached hydrogens (tertiary/aromatic N) is 13. The molecule has 0 radical (unpaired) electrons. The molecule has 146 heavy (non-hydrogen) atoms. The first kappa shape index (κ1) is 86.4. The molecular formula is C133H83N13. The van der Waals surface area contributed by atoms with E-state index in [2.05, 4.69) is 388 Å². The van der Waals surface area contributed by atoms with Gasteiger partial charge in [0.1, 0.15) is 0 Å². The second kappa shape index (κ2) is 37.7. The van der Waals surface area contributed by atoms with E-state index in [9.17, 15) is 0 Å². The summed E-state index contributed by atoms with van der Waals surface area (Å²) in [6.45, 7) is 0. The minimum atomic E-state index is 0.563. The molecule has 0 aliphatic carbocycles. The van der Waals surface area contributed by atoms with Crippen LogP contribution in [0.15, 0.2) is 504 Å². The van der Waals surface area contributed by atoms with Gasteiger partial charge in [0.05, 0.1) is 73.5 Å². The van der Waals surface area contributed by atoms with Crippen LogP contribution in [-0.4, -0.2) is 64.8 Å². The predicted octanol–water partition coefficient (Wildman–Crippen LogP) is 33.2. The van der Waals surface area contributed by atoms with E-state index in [4.69, 9.17) is 64.8 Å². The fourth-order valence-electron chi connectivity index (χ4n) is 20.1. The Morgan fingerprint density at radius 3 is 0.719 bits per heavy atom. The third-order valence-corrected chi connectivity index (χ3v) is 27.4. The summed E-state index contributed by atoms with van der Waals surface area (Å²) in [6.07, 6.45) is 5.65. The molecule has 0 atom stereocenters. The van der Waals surface area contributed by atoms with Crippen molar-refractivity contribution in [2.45, 2.75) is 0 Å². The predicted molar refractivity (Wildman–Crippen MR) is 599 cm³/mol. The lowest BCUT2D eigenvalue weighted by Gasteiger charge is -2.13. The summed E-state index contributed by atoms with van der Waals surface area (Å²) in [5.74, 6) is 3.13. The molecule has 19 aromatic carbocycles. The van der Waals surface area contributed by atoms with Crippen molar-refractivity contribution in [1.82, 2.24) is 64.8 Å². The van der Waals surface area contributed by atoms with E-state index in [0.717, 1.165) is 172 Å². The van der Waals surface area contributed by atoms with Crippen molar-refractivity contribution in [2.75, 3.05) is 0 Å². The Hall–Kier alpha value is -19.9. The molecule has 9 aromatic heterocycles. The van der Waals surface area contributed by atoms with Crippen LogP contribution in [0.1, 0.15) is 0 Å². The Bertz CT molecular complexity index is 9390. The summed E-state index contributed by atoms with van der Waals surface area (Å²) >= 11 is 0. The molecule has 0 N–H and O–H groups in total. The van der Waals surface area contributed by atoms with Crippen molar-refractivity contribution in [3.63, 3.8) is 0 Å². The summed E-state index contributed by atoms with van der Waals surface area (Å²) in [4.78, 5) is 65.5. The highest BCUT2D eigenvalue weighted by Crippen LogP contribution is 2.44. The van der Waals surface area contributed by atoms with Crippen LogP contribution < -0.4 is 0 Å². The average molecular weight is 1860 g/mol. The Morgan fingerprint density at radius 1 is 0.116 bits per heavy atom. The monoisotopic (exact) mass is 1860 g/mol. The van der Waals surface area contributed by atoms with E-state index in [0.29, 0.717) is 29.1 Å². The number of benzene rings is 19. The molecule has 0 unspecified atom stereocenters. The lowest BCUT2D eigenvalue weighted by Crippen LogP contribution is -2.01. The quantitative estimate of drug-likeness (QED) is 0.0944. The van der Waals surface area contributed by atoms with E-state index in [1.54, 1.807) is 0 Å². The highest BCUT2D eigenvalue weighted by molar-refractivity contribution is 6.25. The zero-order valence-electron chi connectivity index (χ0n) is 78.7. The van der Waals surface area contributed by atoms with Crippen molar-refractivity contribution in [3.8, 4) is 158 Å². The van der Waals surface area contributed by atoms with Gasteiger partial charge in [-0.1, -0.05) is 406 Å². The van der Waals surface area contributed by atoms with Gasteiger partial charge in [0, 0.05) is 117 Å². The molecule has 0 saturated carbocycles. The lowest BCUT2D eigenvalue weighted by molar-refractivity contribution is 1.07. The van der Waals surface area contributed by atoms with Crippen molar-refractivity contribution < 1.29 is 0 Å². The maximum atomic E-state index is 5.14. The fraction of sp³-hybridized carbons (Fsp3) is 0. The van der Waals surface area contributed by atoms with Crippen LogP contribution in [-0.2, 0) is 0 Å². The summed E-state index contributed by atoms with van der Waals surface area (Å²) in [6, 6.07) is 168. The van der Waals surface area contributed by atoms with Gasteiger partial charge in [0.25, 0.3) is 0 Å². The Morgan fingerprint density at radius 2 is 0.356 bits per heavy atom. The first-order valence-electron chi connectivity index (χ1n) is 48.8. The number of hydrogen-bond acceptors (Lipinski definition) is 13. The number of para-hydroxylation sites is 3. The second-order valence-electron chi connectivity index (χ2n) is 36.3. The van der Waals surface area contributed by atoms with Crippen LogP contribution in [0.5, 0.6) is 0 Å². The fourth-order valence-corrected chi connectivity index (χ4v) is 20.1. The number of aromatic nitrogens is 13. The van der Waals surface area contributed by atoms with Gasteiger partial charge in [-0.25, -0.2) is 49.8 Å². The van der Waals surface area contributed by atoms with E-state index < -0.39 is 0 Å². The van der Waals surface area contributed by atoms with Crippen molar-refractivity contribution >= 4 is 119 Å². The summed E-state index contributed by atoms with van der Waals surface area (Å²) in [5, 5.41) is 22.1. The van der Waals surface area contributed by atoms with Crippen LogP contribution in [0.2, 0.25) is 0 Å². The van der Waals surface area contributed by atoms with E-state index in [1.807, 2.05) is 116 Å². The van der Waals surface area contributed by atoms with Gasteiger partial charge in [0.15, 0.2) is 29.1 Å². The van der Waals surface area contributed by atoms with E-state index in [-0.39, 0.29) is 0 Å². The summed E-state index contributed by atoms with van der Waals surface area (Å²) < 4.78 is 0. The molecular weight excluding hydrogens is 1780 g/mol. The molecule has 28 aromatic rings. The van der Waals surface area contributed by atoms with Crippen molar-refractivity contribution in [1.29, 1.82) is 0 Å². The highest BCUT2D eigenvalue weighted by Gasteiger charge is 2.23. The van der Waals surface area contributed by atoms with Crippen molar-refractivity contribution in [2.24, 2.45) is 0 Å². The SMILES string of the molecule is c1ccc(-c2ccc(-c3cc(-c4ccc(-c5nc6ccccc6c6c5ccc5ccccc56)nc4)nc(-c4ccccc4)n3)cc2)cc1.c1ccc(-c2ccc(-c3nc(-c4ccccc4)cc(-c4ccc(-c5nc6ccccc6c6c5ccc5ccccc56)nc4)n3)cc2)cc1.c1ccc2cc(-c3nc(-c4ccc(-c5nc6ccccc6c6c5ccc5ccccc56)nc4)nc(-c4ccc5ccccc5c4)n3)ccc2c1. The van der Waals surface area contributed by atoms with Gasteiger partial charge in [0.2, 0.25) is 0 Å². The van der Waals surface area contributed by atoms with Gasteiger partial charge in [-0.05, 0) is 155 Å². The number of pyridine rings is 6. The largest absolute Gasteiger partial charge is 0.254 e. The first-order valence-corrected chi connectivity index (χ1v) is 48.8. The standard InChI is InChI=1S/C45H27N5.2C44H28N4/c1-3-12-31-25-33(19-17-28(31)9-1)43-48-44(34-20-18-29-10-2-4-13-32(29)26-34)50-45(49-43)35-22-24-40(46-27-35)42-38-23-21-30-11-5-6-14-36(30)41(38)37-15-7-8-16-39(37)47-42;1-3-11-29(12-4-1)30-19-21-32(22-20-30)40-27-41(48-44(47-40)33-14-5-2-6-15-33)34-24-26-39(45-28-34)43-37-25-23-31-13-7-8-16-35(31)42(37)36-17-9-10-18-38(36)46-43;1-3-11-29(12-4-1)30-19-21-33(22-20-30)44-47-40(32-14-5-2-6-15-32)27-41(48-44)34-24-26-39(45-28-34)43-37-25-23-31-13-7-8-16-35(31)42(37)36-17-9-10-18-38(36)46-43/h1-27H;2*1-28H. The van der Waals surface area contributed by atoms with Gasteiger partial charge < -0.3 is 0 Å². The Kier molecular flexibility index (Phi) is 22.3. The second-order valence-corrected chi connectivity index (χ2v) is 36.3. The molecule has 0 bridgehead atoms. The highest BCUT2D eigenvalue weighted by atomic mass is 15.0. The maximum absolute atomic E-state index is 5.14. The van der Waals surface area contributed by atoms with Crippen LogP contribution in [0.25, 0.3) is 277 Å². The summed E-state index contributed by atoms with van der Waals surface area (Å²) in [7, 11) is 0. The number of rotatable bonds is 14. The molecule has 0 spiro atoms. The van der Waals surface area contributed by atoms with E-state index >= 15 is 0 Å². The zero-order valence-corrected chi connectivity index (χ0v) is 78.7. The number of fused-ring (bicyclic) bond motifs is 17. The maximum Gasteiger partial charge on any atom is 0.165 e. The smallest absolute Gasteiger partial charge is 0.165 e. The third kappa shape index (κ3) is 16.8. The average Bonchev–Trinajstić information content (AvgIpc) is 0.744. The molecule has 9 heterocycles. The van der Waals surface area contributed by atoms with Crippen molar-refractivity contribution in [3.05, 3.63) is 504 Å².